The number of nitrogens with zero attached hydrogens (tertiary/aromatic N) is 6. The number of fused-ring (bicyclic) bond motifs is 6. The van der Waals surface area contributed by atoms with Gasteiger partial charge in [0.05, 0.1) is 56.3 Å². The van der Waals surface area contributed by atoms with Gasteiger partial charge in [-0.15, -0.1) is 0 Å². The van der Waals surface area contributed by atoms with Crippen molar-refractivity contribution in [2.24, 2.45) is 0 Å². The Hall–Kier alpha value is -18.8. The number of ketones is 1. The molecule has 5 aromatic heterocycles. The molecular formula is C126H80N6O6. The molecular weight excluding hydrogens is 1690 g/mol. The molecule has 0 aliphatic heterocycles. The molecule has 5 heterocycles. The van der Waals surface area contributed by atoms with Crippen molar-refractivity contribution in [2.75, 3.05) is 0 Å². The van der Waals surface area contributed by atoms with Gasteiger partial charge in [-0.1, -0.05) is 388 Å². The minimum atomic E-state index is -0.740. The Morgan fingerprint density at radius 2 is 0.536 bits per heavy atom. The Morgan fingerprint density at radius 3 is 0.993 bits per heavy atom. The third-order valence-electron chi connectivity index (χ3n) is 25.5. The molecule has 0 spiro atoms. The van der Waals surface area contributed by atoms with Crippen LogP contribution in [0.4, 0.5) is 5.69 Å². The van der Waals surface area contributed by atoms with Crippen molar-refractivity contribution in [3.63, 3.8) is 0 Å². The van der Waals surface area contributed by atoms with Crippen molar-refractivity contribution in [2.45, 2.75) is 5.41 Å². The Bertz CT molecular complexity index is 8630. The van der Waals surface area contributed by atoms with Gasteiger partial charge in [0.25, 0.3) is 0 Å². The third-order valence-corrected chi connectivity index (χ3v) is 25.5. The fraction of sp³-hybridized carbons (Fsp3) is 0.00794. The maximum atomic E-state index is 13.9. The Kier molecular flexibility index (Phi) is 22.8. The summed E-state index contributed by atoms with van der Waals surface area (Å²) in [5.74, 6) is 1.14. The van der Waals surface area contributed by atoms with E-state index in [1.165, 1.54) is 0 Å². The van der Waals surface area contributed by atoms with Crippen molar-refractivity contribution in [1.29, 1.82) is 0 Å². The van der Waals surface area contributed by atoms with E-state index in [0.717, 1.165) is 134 Å². The fourth-order valence-corrected chi connectivity index (χ4v) is 18.8. The molecule has 12 nitrogen and oxygen atoms in total. The number of hydrogen-bond donors (Lipinski definition) is 1. The zero-order valence-electron chi connectivity index (χ0n) is 74.3. The number of aromatic hydroxyl groups is 1. The summed E-state index contributed by atoms with van der Waals surface area (Å²) in [6.45, 7) is 8.05. The summed E-state index contributed by atoms with van der Waals surface area (Å²) in [5, 5.41) is 14.1. The lowest BCUT2D eigenvalue weighted by Gasteiger charge is -2.41. The number of rotatable bonds is 15. The fourth-order valence-electron chi connectivity index (χ4n) is 18.8. The summed E-state index contributed by atoms with van der Waals surface area (Å²) in [6.07, 6.45) is 0. The highest BCUT2D eigenvalue weighted by atomic mass is 16.3. The average molecular weight is 1770 g/mol. The predicted molar refractivity (Wildman–Crippen MR) is 556 cm³/mol. The van der Waals surface area contributed by atoms with Gasteiger partial charge in [0.1, 0.15) is 33.7 Å². The molecule has 24 rings (SSSR count). The van der Waals surface area contributed by atoms with Crippen LogP contribution in [0.2, 0.25) is 0 Å². The second kappa shape index (κ2) is 37.1. The topological polar surface area (TPSA) is 167 Å². The van der Waals surface area contributed by atoms with Crippen LogP contribution in [0.5, 0.6) is 5.75 Å². The molecule has 1 aliphatic rings. The summed E-state index contributed by atoms with van der Waals surface area (Å²) in [6, 6.07) is 158. The number of benzene rings is 18. The average Bonchev–Trinajstić information content (AvgIpc) is 0.697. The highest BCUT2D eigenvalue weighted by Crippen LogP contribution is 2.52. The molecule has 0 radical (unpaired) electrons. The molecule has 0 atom stereocenters. The van der Waals surface area contributed by atoms with E-state index in [1.807, 2.05) is 315 Å². The molecule has 0 amide bonds. The van der Waals surface area contributed by atoms with Crippen LogP contribution in [0.15, 0.2) is 498 Å². The second-order valence-corrected chi connectivity index (χ2v) is 33.8. The normalized spacial score (nSPS) is 11.8. The van der Waals surface area contributed by atoms with E-state index < -0.39 is 5.41 Å². The molecule has 0 saturated carbocycles. The van der Waals surface area contributed by atoms with Gasteiger partial charge in [-0.25, -0.2) is 29.8 Å². The minimum absolute atomic E-state index is 0.0148. The summed E-state index contributed by atoms with van der Waals surface area (Å²) < 4.78 is 12.0. The molecule has 18 aromatic carbocycles. The van der Waals surface area contributed by atoms with Gasteiger partial charge in [-0.3, -0.25) is 14.4 Å². The third kappa shape index (κ3) is 16.3. The van der Waals surface area contributed by atoms with Crippen molar-refractivity contribution >= 4 is 55.3 Å². The van der Waals surface area contributed by atoms with Gasteiger partial charge in [-0.2, -0.15) is 0 Å². The maximum Gasteiger partial charge on any atom is 0.238 e. The standard InChI is InChI=1S/C48H32N2O2.C42H25N3O2.C36H23NO2/c51-45-39-26-10-12-28-41(39)48(37-23-8-3-9-24-37,42-29-13-11-27-40(42)45)38-25-15-21-35(31-38)34-20-14-22-36(30-34)44-46(52)43(32-16-4-1-5-17-32)49-47(50-44)33-18-6-2-7-19-33;1-43-40-38(27-12-4-2-5-13-27)44-42(45-39(40)28-14-6-3-7-15-28)33-19-11-18-31(25-33)29-16-10-17-30(24-29)32-22-23-37-35(26-32)41(46)34-20-8-9-21-36(34)47-37;38-36-30-16-7-8-17-34(30)39-35-19-18-28(21-31(35)36)26-14-9-15-27(20-26)29-22-32(24-10-3-1-4-11-24)37-33(23-29)25-12-5-2-6-13-25/h1-31,52H;2-26H;1-23H. The molecule has 0 bridgehead atoms. The first-order chi connectivity index (χ1) is 68.0. The summed E-state index contributed by atoms with van der Waals surface area (Å²) in [7, 11) is 0. The SMILES string of the molecule is O=C1c2ccccc2C(c2ccccc2)(c2cccc(-c3cccc(-c4nc(-c5ccccc5)nc(-c5ccccc5)c4O)c3)c2)c2ccccc21.O=c1c2ccccc2oc2ccc(-c3cccc(-c4cc(-c5ccccc5)nc(-c5ccccc5)c4)c3)cc12.[C-]#[N+]c1c(-c2ccccc2)nc(-c2cccc(-c3cccc(-c4ccc5oc6ccccc6c(=O)c5c4)c3)c2)nc1-c1ccccc1. The van der Waals surface area contributed by atoms with Crippen molar-refractivity contribution in [3.8, 4) is 152 Å². The number of pyridine rings is 1. The Balaban J connectivity index is 0.000000121. The van der Waals surface area contributed by atoms with Crippen LogP contribution in [0.25, 0.3) is 195 Å². The van der Waals surface area contributed by atoms with Crippen LogP contribution < -0.4 is 10.9 Å². The van der Waals surface area contributed by atoms with Gasteiger partial charge in [0.2, 0.25) is 16.5 Å². The molecule has 12 heteroatoms. The van der Waals surface area contributed by atoms with Gasteiger partial charge in [-0.05, 0) is 180 Å². The quantitative estimate of drug-likeness (QED) is 0.0766. The largest absolute Gasteiger partial charge is 0.504 e. The van der Waals surface area contributed by atoms with E-state index in [9.17, 15) is 19.5 Å². The highest BCUT2D eigenvalue weighted by Gasteiger charge is 2.46. The van der Waals surface area contributed by atoms with Gasteiger partial charge < -0.3 is 13.9 Å². The maximum absolute atomic E-state index is 13.9. The summed E-state index contributed by atoms with van der Waals surface area (Å²) in [5.41, 5.74) is 28.6. The highest BCUT2D eigenvalue weighted by molar-refractivity contribution is 6.14. The summed E-state index contributed by atoms with van der Waals surface area (Å²) >= 11 is 0. The first-order valence-corrected chi connectivity index (χ1v) is 45.5. The Morgan fingerprint density at radius 1 is 0.232 bits per heavy atom. The van der Waals surface area contributed by atoms with Crippen molar-refractivity contribution < 1.29 is 18.7 Å². The lowest BCUT2D eigenvalue weighted by Crippen LogP contribution is -2.38. The van der Waals surface area contributed by atoms with E-state index in [-0.39, 0.29) is 22.4 Å². The number of hydrogen-bond acceptors (Lipinski definition) is 11. The van der Waals surface area contributed by atoms with E-state index in [4.69, 9.17) is 40.3 Å². The van der Waals surface area contributed by atoms with Crippen LogP contribution in [0.1, 0.15) is 38.2 Å². The molecule has 138 heavy (non-hydrogen) atoms. The number of aromatic nitrogens is 5. The molecule has 0 saturated heterocycles. The van der Waals surface area contributed by atoms with Gasteiger partial charge in [0.15, 0.2) is 23.2 Å². The van der Waals surface area contributed by atoms with Crippen molar-refractivity contribution in [1.82, 2.24) is 24.9 Å². The van der Waals surface area contributed by atoms with Crippen LogP contribution in [-0.4, -0.2) is 35.8 Å². The van der Waals surface area contributed by atoms with E-state index in [1.54, 1.807) is 6.07 Å². The zero-order valence-corrected chi connectivity index (χ0v) is 74.3. The second-order valence-electron chi connectivity index (χ2n) is 33.8. The van der Waals surface area contributed by atoms with E-state index in [2.05, 4.69) is 163 Å². The molecule has 1 aliphatic carbocycles. The summed E-state index contributed by atoms with van der Waals surface area (Å²) in [4.78, 5) is 69.1. The molecule has 0 unspecified atom stereocenters. The Labute approximate surface area is 795 Å². The minimum Gasteiger partial charge on any atom is -0.504 e. The predicted octanol–water partition coefficient (Wildman–Crippen LogP) is 30.4. The monoisotopic (exact) mass is 1770 g/mol. The van der Waals surface area contributed by atoms with Gasteiger partial charge >= 0.3 is 0 Å². The van der Waals surface area contributed by atoms with Gasteiger partial charge in [0, 0.05) is 44.5 Å². The smallest absolute Gasteiger partial charge is 0.238 e. The first kappa shape index (κ1) is 84.7. The molecule has 0 fully saturated rings. The first-order valence-electron chi connectivity index (χ1n) is 45.5. The van der Waals surface area contributed by atoms with Crippen LogP contribution >= 0.6 is 0 Å². The number of carbonyl (C=O) groups is 1. The van der Waals surface area contributed by atoms with Crippen LogP contribution in [0.3, 0.4) is 0 Å². The molecule has 23 aromatic rings. The van der Waals surface area contributed by atoms with E-state index >= 15 is 0 Å². The van der Waals surface area contributed by atoms with E-state index in [0.29, 0.717) is 95.1 Å². The molecule has 1 N–H and O–H groups in total. The van der Waals surface area contributed by atoms with Crippen molar-refractivity contribution in [3.05, 3.63) is 544 Å². The zero-order chi connectivity index (χ0) is 93.0. The lowest BCUT2D eigenvalue weighted by molar-refractivity contribution is 0.103. The van der Waals surface area contributed by atoms with Crippen LogP contribution in [0, 0.1) is 6.57 Å². The number of carbonyl (C=O) groups excluding carboxylic acids is 1. The lowest BCUT2D eigenvalue weighted by atomic mass is 9.59. The van der Waals surface area contributed by atoms with Crippen LogP contribution in [-0.2, 0) is 5.41 Å². The number of para-hydroxylation sites is 2. The molecule has 650 valence electrons.